The third kappa shape index (κ3) is 5.35. The van der Waals surface area contributed by atoms with E-state index in [1.54, 1.807) is 41.7 Å². The maximum Gasteiger partial charge on any atom is 0.471 e. The molecular weight excluding hydrogens is 555 g/mol. The van der Waals surface area contributed by atoms with E-state index in [1.807, 2.05) is 13.8 Å². The predicted octanol–water partition coefficient (Wildman–Crippen LogP) is 1.44. The Morgan fingerprint density at radius 2 is 1.83 bits per heavy atom. The van der Waals surface area contributed by atoms with E-state index < -0.39 is 47.9 Å². The highest BCUT2D eigenvalue weighted by atomic mass is 19.4. The van der Waals surface area contributed by atoms with E-state index in [1.165, 1.54) is 23.5 Å². The molecule has 11 nitrogen and oxygen atoms in total. The normalized spacial score (nSPS) is 22.1. The van der Waals surface area contributed by atoms with Crippen LogP contribution in [-0.4, -0.2) is 68.5 Å². The second-order valence-electron chi connectivity index (χ2n) is 11.1. The lowest BCUT2D eigenvalue weighted by Gasteiger charge is -2.33. The Morgan fingerprint density at radius 3 is 2.50 bits per heavy atom. The van der Waals surface area contributed by atoms with Crippen LogP contribution in [0.15, 0.2) is 55.0 Å². The number of benzene rings is 1. The quantitative estimate of drug-likeness (QED) is 0.362. The van der Waals surface area contributed by atoms with Gasteiger partial charge >= 0.3 is 12.1 Å². The van der Waals surface area contributed by atoms with Gasteiger partial charge in [-0.3, -0.25) is 24.2 Å². The van der Waals surface area contributed by atoms with Gasteiger partial charge in [-0.25, -0.2) is 0 Å². The molecule has 2 aromatic heterocycles. The van der Waals surface area contributed by atoms with Crippen molar-refractivity contribution in [1.82, 2.24) is 30.7 Å². The number of rotatable bonds is 8. The highest BCUT2D eigenvalue weighted by molar-refractivity contribution is 5.97. The first-order chi connectivity index (χ1) is 19.8. The molecule has 220 valence electrons. The average molecular weight is 584 g/mol. The number of aromatic nitrogens is 3. The number of nitrogens with zero attached hydrogens (tertiary/aromatic N) is 4. The molecule has 2 fully saturated rings. The molecule has 1 saturated heterocycles. The van der Waals surface area contributed by atoms with Gasteiger partial charge in [-0.05, 0) is 28.9 Å². The summed E-state index contributed by atoms with van der Waals surface area (Å²) in [4.78, 5) is 57.2. The third-order valence-corrected chi connectivity index (χ3v) is 8.23. The zero-order valence-corrected chi connectivity index (χ0v) is 22.6. The molecule has 5 atom stereocenters. The predicted molar refractivity (Wildman–Crippen MR) is 142 cm³/mol. The molecule has 1 aliphatic heterocycles. The van der Waals surface area contributed by atoms with E-state index in [0.29, 0.717) is 16.3 Å². The van der Waals surface area contributed by atoms with Crippen LogP contribution in [0.4, 0.5) is 13.2 Å². The number of amides is 4. The van der Waals surface area contributed by atoms with Crippen LogP contribution < -0.4 is 16.4 Å². The van der Waals surface area contributed by atoms with Gasteiger partial charge in [-0.2, -0.15) is 23.4 Å². The summed E-state index contributed by atoms with van der Waals surface area (Å²) >= 11 is 0. The van der Waals surface area contributed by atoms with Gasteiger partial charge in [0.2, 0.25) is 17.7 Å². The highest BCUT2D eigenvalue weighted by Crippen LogP contribution is 2.65. The number of carbonyl (C=O) groups excluding carboxylic acids is 4. The van der Waals surface area contributed by atoms with E-state index in [9.17, 15) is 32.3 Å². The van der Waals surface area contributed by atoms with Crippen molar-refractivity contribution >= 4 is 34.4 Å². The number of fused-ring (bicyclic) bond motifs is 2. The summed E-state index contributed by atoms with van der Waals surface area (Å²) in [6.07, 6.45) is -1.19. The Balaban J connectivity index is 1.45. The fourth-order valence-electron chi connectivity index (χ4n) is 5.97. The molecule has 0 radical (unpaired) electrons. The molecule has 3 heterocycles. The lowest BCUT2D eigenvalue weighted by Crippen LogP contribution is -2.58. The molecule has 2 unspecified atom stereocenters. The summed E-state index contributed by atoms with van der Waals surface area (Å²) in [6, 6.07) is 5.87. The van der Waals surface area contributed by atoms with Crippen LogP contribution in [-0.2, 0) is 25.6 Å². The largest absolute Gasteiger partial charge is 0.471 e. The van der Waals surface area contributed by atoms with E-state index in [2.05, 4.69) is 20.5 Å². The molecule has 42 heavy (non-hydrogen) atoms. The minimum atomic E-state index is -5.23. The molecule has 4 N–H and O–H groups in total. The zero-order valence-electron chi connectivity index (χ0n) is 22.6. The van der Waals surface area contributed by atoms with Gasteiger partial charge in [0.25, 0.3) is 0 Å². The Bertz CT molecular complexity index is 1540. The van der Waals surface area contributed by atoms with Crippen LogP contribution in [0, 0.1) is 17.3 Å². The lowest BCUT2D eigenvalue weighted by molar-refractivity contribution is -0.175. The second kappa shape index (κ2) is 10.7. The standard InChI is InChI=1S/C28H28F3N7O4/c1-27(2)17-13-38(25(41)18(35-26(42)28(29,30)31)10-14-6-5-9-33-11-14)22(19(17)27)24(40)36-21(23(32)39)20-16-8-4-3-7-15(16)12-34-37-20/h3-9,11-12,17-19,21-22H,10,13H2,1-2H3,(H2,32,39)(H,35,42)(H,36,40)/t17-,18?,19-,21?,22-/m0/s1. The van der Waals surface area contributed by atoms with Crippen molar-refractivity contribution in [2.24, 2.45) is 23.0 Å². The number of hydrogen-bond donors (Lipinski definition) is 3. The van der Waals surface area contributed by atoms with Crippen molar-refractivity contribution in [2.75, 3.05) is 6.54 Å². The van der Waals surface area contributed by atoms with Gasteiger partial charge in [0.05, 0.1) is 6.20 Å². The number of alkyl halides is 3. The zero-order chi connectivity index (χ0) is 30.4. The highest BCUT2D eigenvalue weighted by Gasteiger charge is 2.69. The molecule has 5 rings (SSSR count). The monoisotopic (exact) mass is 583 g/mol. The van der Waals surface area contributed by atoms with Crippen molar-refractivity contribution in [2.45, 2.75) is 44.6 Å². The first kappa shape index (κ1) is 28.9. The second-order valence-corrected chi connectivity index (χ2v) is 11.1. The van der Waals surface area contributed by atoms with Gasteiger partial charge in [0.1, 0.15) is 17.8 Å². The number of hydrogen-bond acceptors (Lipinski definition) is 7. The van der Waals surface area contributed by atoms with Gasteiger partial charge in [-0.15, -0.1) is 0 Å². The molecule has 4 amide bonds. The van der Waals surface area contributed by atoms with Crippen LogP contribution in [0.5, 0.6) is 0 Å². The fraction of sp³-hybridized carbons (Fsp3) is 0.393. The Morgan fingerprint density at radius 1 is 1.10 bits per heavy atom. The average Bonchev–Trinajstić information content (AvgIpc) is 3.27. The van der Waals surface area contributed by atoms with Crippen LogP contribution in [0.1, 0.15) is 31.1 Å². The summed E-state index contributed by atoms with van der Waals surface area (Å²) in [5, 5.41) is 13.5. The number of piperidine rings is 1. The van der Waals surface area contributed by atoms with Crippen molar-refractivity contribution in [3.8, 4) is 0 Å². The van der Waals surface area contributed by atoms with Gasteiger partial charge < -0.3 is 21.3 Å². The first-order valence-corrected chi connectivity index (χ1v) is 13.2. The molecule has 14 heteroatoms. The van der Waals surface area contributed by atoms with E-state index in [4.69, 9.17) is 5.73 Å². The van der Waals surface area contributed by atoms with Gasteiger partial charge in [-0.1, -0.05) is 44.2 Å². The minimum absolute atomic E-state index is 0.0787. The van der Waals surface area contributed by atoms with E-state index in [0.717, 1.165) is 0 Å². The molecule has 3 aromatic rings. The number of carbonyl (C=O) groups is 4. The maximum atomic E-state index is 13.8. The molecule has 0 spiro atoms. The summed E-state index contributed by atoms with van der Waals surface area (Å²) in [7, 11) is 0. The molecule has 1 saturated carbocycles. The molecule has 1 aromatic carbocycles. The summed E-state index contributed by atoms with van der Waals surface area (Å²) in [5.74, 6) is -5.24. The number of primary amides is 1. The Kier molecular flexibility index (Phi) is 7.33. The maximum absolute atomic E-state index is 13.8. The summed E-state index contributed by atoms with van der Waals surface area (Å²) in [5.41, 5.74) is 5.84. The SMILES string of the molecule is CC1(C)[C@@H]2[C@@H](C(=O)NC(C(N)=O)c3nncc4ccccc34)N(C(=O)C(Cc3cccnc3)NC(=O)C(F)(F)F)C[C@@H]21. The third-order valence-electron chi connectivity index (χ3n) is 8.23. The van der Waals surface area contributed by atoms with Gasteiger partial charge in [0.15, 0.2) is 6.04 Å². The lowest BCUT2D eigenvalue weighted by atomic mass is 9.98. The van der Waals surface area contributed by atoms with Crippen LogP contribution in [0.2, 0.25) is 0 Å². The van der Waals surface area contributed by atoms with Crippen molar-refractivity contribution in [3.63, 3.8) is 0 Å². The van der Waals surface area contributed by atoms with E-state index in [-0.39, 0.29) is 35.9 Å². The topological polar surface area (TPSA) is 160 Å². The summed E-state index contributed by atoms with van der Waals surface area (Å²) in [6.45, 7) is 3.92. The van der Waals surface area contributed by atoms with Crippen LogP contribution in [0.3, 0.4) is 0 Å². The smallest absolute Gasteiger partial charge is 0.368 e. The first-order valence-electron chi connectivity index (χ1n) is 13.2. The van der Waals surface area contributed by atoms with Crippen molar-refractivity contribution < 1.29 is 32.3 Å². The van der Waals surface area contributed by atoms with Gasteiger partial charge in [0, 0.05) is 36.1 Å². The molecule has 2 aliphatic rings. The number of pyridine rings is 1. The molecule has 1 aliphatic carbocycles. The minimum Gasteiger partial charge on any atom is -0.368 e. The van der Waals surface area contributed by atoms with Crippen molar-refractivity contribution in [3.05, 3.63) is 66.2 Å². The fourth-order valence-corrected chi connectivity index (χ4v) is 5.97. The molecule has 0 bridgehead atoms. The van der Waals surface area contributed by atoms with Crippen molar-refractivity contribution in [1.29, 1.82) is 0 Å². The number of nitrogens with one attached hydrogen (secondary N) is 2. The van der Waals surface area contributed by atoms with Crippen LogP contribution in [0.25, 0.3) is 10.8 Å². The Hall–Kier alpha value is -4.62. The summed E-state index contributed by atoms with van der Waals surface area (Å²) < 4.78 is 39.6. The molecular formula is C28H28F3N7O4. The Labute approximate surface area is 238 Å². The van der Waals surface area contributed by atoms with E-state index >= 15 is 0 Å². The number of nitrogens with two attached hydrogens (primary N) is 1. The van der Waals surface area contributed by atoms with Crippen LogP contribution >= 0.6 is 0 Å². The number of halogens is 3. The number of likely N-dealkylation sites (tertiary alicyclic amines) is 1.